The van der Waals surface area contributed by atoms with Gasteiger partial charge in [-0.25, -0.2) is 0 Å². The van der Waals surface area contributed by atoms with Crippen LogP contribution in [0.15, 0.2) is 30.3 Å². The molecule has 0 aromatic heterocycles. The third-order valence-electron chi connectivity index (χ3n) is 4.13. The Kier molecular flexibility index (Phi) is 4.20. The van der Waals surface area contributed by atoms with E-state index in [-0.39, 0.29) is 5.91 Å². The van der Waals surface area contributed by atoms with Gasteiger partial charge in [-0.15, -0.1) is 0 Å². The second-order valence-electron chi connectivity index (χ2n) is 5.47. The molecule has 1 atom stereocenters. The van der Waals surface area contributed by atoms with Crippen molar-refractivity contribution < 1.29 is 19.0 Å². The fourth-order valence-electron chi connectivity index (χ4n) is 2.95. The van der Waals surface area contributed by atoms with Crippen LogP contribution in [0.2, 0.25) is 0 Å². The average Bonchev–Trinajstić information content (AvgIpc) is 2.60. The van der Waals surface area contributed by atoms with Crippen LogP contribution >= 0.6 is 0 Å². The molecule has 0 radical (unpaired) electrons. The lowest BCUT2D eigenvalue weighted by Gasteiger charge is -2.30. The second-order valence-corrected chi connectivity index (χ2v) is 5.47. The zero-order valence-electron chi connectivity index (χ0n) is 14.1. The van der Waals surface area contributed by atoms with E-state index in [2.05, 4.69) is 10.6 Å². The summed E-state index contributed by atoms with van der Waals surface area (Å²) in [5.41, 5.74) is 3.22. The molecule has 6 nitrogen and oxygen atoms in total. The maximum absolute atomic E-state index is 12.5. The average molecular weight is 328 g/mol. The van der Waals surface area contributed by atoms with E-state index in [4.69, 9.17) is 14.2 Å². The van der Waals surface area contributed by atoms with E-state index in [1.54, 1.807) is 33.5 Å². The Morgan fingerprint density at radius 2 is 1.67 bits per heavy atom. The first-order chi connectivity index (χ1) is 11.6. The Labute approximate surface area is 140 Å². The van der Waals surface area contributed by atoms with Gasteiger partial charge in [0.15, 0.2) is 11.5 Å². The predicted octanol–water partition coefficient (Wildman–Crippen LogP) is 2.87. The molecule has 0 saturated heterocycles. The van der Waals surface area contributed by atoms with Crippen LogP contribution in [-0.4, -0.2) is 27.2 Å². The SMILES string of the molecule is COc1ccc([C@H]2NC(=O)c3cccc(C)c3N2)c(OC)c1OC. The monoisotopic (exact) mass is 328 g/mol. The number of carbonyl (C=O) groups is 1. The van der Waals surface area contributed by atoms with Crippen LogP contribution in [0.25, 0.3) is 0 Å². The first-order valence-corrected chi connectivity index (χ1v) is 7.56. The third kappa shape index (κ3) is 2.50. The number of fused-ring (bicyclic) bond motifs is 1. The van der Waals surface area contributed by atoms with Gasteiger partial charge in [-0.1, -0.05) is 12.1 Å². The van der Waals surface area contributed by atoms with Crippen molar-refractivity contribution in [1.29, 1.82) is 0 Å². The molecule has 0 fully saturated rings. The molecule has 0 bridgehead atoms. The van der Waals surface area contributed by atoms with Crippen molar-refractivity contribution in [2.45, 2.75) is 13.1 Å². The third-order valence-corrected chi connectivity index (χ3v) is 4.13. The summed E-state index contributed by atoms with van der Waals surface area (Å²) in [5, 5.41) is 6.32. The van der Waals surface area contributed by atoms with E-state index >= 15 is 0 Å². The highest BCUT2D eigenvalue weighted by Gasteiger charge is 2.29. The summed E-state index contributed by atoms with van der Waals surface area (Å²) in [4.78, 5) is 12.5. The normalized spacial score (nSPS) is 15.8. The van der Waals surface area contributed by atoms with Crippen molar-refractivity contribution in [3.8, 4) is 17.2 Å². The number of anilines is 1. The molecule has 1 amide bonds. The fraction of sp³-hybridized carbons (Fsp3) is 0.278. The molecule has 1 aliphatic rings. The summed E-state index contributed by atoms with van der Waals surface area (Å²) in [7, 11) is 4.68. The molecular weight excluding hydrogens is 308 g/mol. The minimum atomic E-state index is -0.430. The minimum absolute atomic E-state index is 0.130. The van der Waals surface area contributed by atoms with E-state index in [1.807, 2.05) is 25.1 Å². The number of ether oxygens (including phenoxy) is 3. The molecule has 3 rings (SSSR count). The number of hydrogen-bond acceptors (Lipinski definition) is 5. The molecule has 0 spiro atoms. The highest BCUT2D eigenvalue weighted by atomic mass is 16.5. The van der Waals surface area contributed by atoms with E-state index in [1.165, 1.54) is 0 Å². The summed E-state index contributed by atoms with van der Waals surface area (Å²) in [6.07, 6.45) is -0.430. The van der Waals surface area contributed by atoms with Crippen molar-refractivity contribution in [3.05, 3.63) is 47.0 Å². The fourth-order valence-corrected chi connectivity index (χ4v) is 2.95. The Morgan fingerprint density at radius 1 is 0.917 bits per heavy atom. The van der Waals surface area contributed by atoms with Gasteiger partial charge in [-0.2, -0.15) is 0 Å². The lowest BCUT2D eigenvalue weighted by Crippen LogP contribution is -2.39. The van der Waals surface area contributed by atoms with Crippen LogP contribution < -0.4 is 24.8 Å². The molecule has 1 heterocycles. The van der Waals surface area contributed by atoms with Crippen LogP contribution in [0.1, 0.15) is 27.7 Å². The Hall–Kier alpha value is -2.89. The van der Waals surface area contributed by atoms with Crippen molar-refractivity contribution in [2.75, 3.05) is 26.6 Å². The highest BCUT2D eigenvalue weighted by Crippen LogP contribution is 2.43. The van der Waals surface area contributed by atoms with Crippen molar-refractivity contribution in [3.63, 3.8) is 0 Å². The van der Waals surface area contributed by atoms with Gasteiger partial charge in [-0.05, 0) is 30.7 Å². The number of rotatable bonds is 4. The maximum Gasteiger partial charge on any atom is 0.255 e. The molecule has 24 heavy (non-hydrogen) atoms. The Morgan fingerprint density at radius 3 is 2.33 bits per heavy atom. The molecule has 1 aliphatic heterocycles. The van der Waals surface area contributed by atoms with Gasteiger partial charge >= 0.3 is 0 Å². The highest BCUT2D eigenvalue weighted by molar-refractivity contribution is 6.02. The minimum Gasteiger partial charge on any atom is -0.493 e. The van der Waals surface area contributed by atoms with E-state index in [0.29, 0.717) is 22.8 Å². The van der Waals surface area contributed by atoms with Gasteiger partial charge in [-0.3, -0.25) is 4.79 Å². The first kappa shape index (κ1) is 16.0. The van der Waals surface area contributed by atoms with E-state index < -0.39 is 6.17 Å². The van der Waals surface area contributed by atoms with Gasteiger partial charge in [0.25, 0.3) is 5.91 Å². The lowest BCUT2D eigenvalue weighted by molar-refractivity contribution is 0.0935. The number of para-hydroxylation sites is 1. The molecule has 2 aromatic carbocycles. The van der Waals surface area contributed by atoms with Crippen molar-refractivity contribution in [2.24, 2.45) is 0 Å². The molecular formula is C18H20N2O4. The van der Waals surface area contributed by atoms with Crippen molar-refractivity contribution in [1.82, 2.24) is 5.32 Å². The van der Waals surface area contributed by atoms with Crippen LogP contribution in [0, 0.1) is 6.92 Å². The Bertz CT molecular complexity index is 789. The summed E-state index contributed by atoms with van der Waals surface area (Å²) in [6.45, 7) is 1.97. The predicted molar refractivity (Wildman–Crippen MR) is 91.1 cm³/mol. The summed E-state index contributed by atoms with van der Waals surface area (Å²) >= 11 is 0. The molecule has 2 N–H and O–H groups in total. The van der Waals surface area contributed by atoms with Crippen molar-refractivity contribution >= 4 is 11.6 Å². The number of carbonyl (C=O) groups excluding carboxylic acids is 1. The zero-order valence-corrected chi connectivity index (χ0v) is 14.1. The van der Waals surface area contributed by atoms with E-state index in [0.717, 1.165) is 16.8 Å². The molecule has 0 aliphatic carbocycles. The molecule has 2 aromatic rings. The van der Waals surface area contributed by atoms with Gasteiger partial charge in [0.2, 0.25) is 5.75 Å². The molecule has 0 saturated carbocycles. The number of benzene rings is 2. The summed E-state index contributed by atoms with van der Waals surface area (Å²) < 4.78 is 16.2. The van der Waals surface area contributed by atoms with Gasteiger partial charge in [0, 0.05) is 5.56 Å². The topological polar surface area (TPSA) is 68.8 Å². The largest absolute Gasteiger partial charge is 0.493 e. The Balaban J connectivity index is 2.08. The smallest absolute Gasteiger partial charge is 0.255 e. The van der Waals surface area contributed by atoms with Gasteiger partial charge in [0.1, 0.15) is 6.17 Å². The number of nitrogens with one attached hydrogen (secondary N) is 2. The zero-order chi connectivity index (χ0) is 17.3. The molecule has 126 valence electrons. The molecule has 6 heteroatoms. The molecule has 0 unspecified atom stereocenters. The second kappa shape index (κ2) is 6.31. The summed E-state index contributed by atoms with van der Waals surface area (Å²) in [5.74, 6) is 1.45. The van der Waals surface area contributed by atoms with Crippen LogP contribution in [0.3, 0.4) is 0 Å². The van der Waals surface area contributed by atoms with Gasteiger partial charge in [0.05, 0.1) is 32.6 Å². The van der Waals surface area contributed by atoms with Crippen LogP contribution in [-0.2, 0) is 0 Å². The standard InChI is InChI=1S/C18H20N2O4/c1-10-6-5-7-11-14(10)19-17(20-18(11)21)12-8-9-13(22-2)16(24-4)15(12)23-3/h5-9,17,19H,1-4H3,(H,20,21)/t17-/m1/s1. The number of methoxy groups -OCH3 is 3. The van der Waals surface area contributed by atoms with Crippen LogP contribution in [0.5, 0.6) is 17.2 Å². The van der Waals surface area contributed by atoms with Crippen LogP contribution in [0.4, 0.5) is 5.69 Å². The summed E-state index contributed by atoms with van der Waals surface area (Å²) in [6, 6.07) is 9.27. The number of aryl methyl sites for hydroxylation is 1. The first-order valence-electron chi connectivity index (χ1n) is 7.56. The maximum atomic E-state index is 12.5. The van der Waals surface area contributed by atoms with Gasteiger partial charge < -0.3 is 24.8 Å². The number of amides is 1. The quantitative estimate of drug-likeness (QED) is 0.903. The number of hydrogen-bond donors (Lipinski definition) is 2. The lowest BCUT2D eigenvalue weighted by atomic mass is 10.0. The van der Waals surface area contributed by atoms with E-state index in [9.17, 15) is 4.79 Å².